The van der Waals surface area contributed by atoms with Crippen molar-refractivity contribution in [2.24, 2.45) is 11.8 Å². The lowest BCUT2D eigenvalue weighted by Gasteiger charge is -2.26. The molecule has 1 rings (SSSR count). The Morgan fingerprint density at radius 1 is 1.26 bits per heavy atom. The lowest BCUT2D eigenvalue weighted by atomic mass is 9.82. The lowest BCUT2D eigenvalue weighted by Crippen LogP contribution is -2.41. The van der Waals surface area contributed by atoms with Crippen molar-refractivity contribution >= 4 is 16.2 Å². The van der Waals surface area contributed by atoms with E-state index in [-0.39, 0.29) is 18.4 Å². The largest absolute Gasteiger partial charge is 0.481 e. The number of carbonyl (C=O) groups is 1. The minimum Gasteiger partial charge on any atom is -0.481 e. The SMILES string of the molecule is COCCNS(=O)(=O)NCC1CCC(C(=O)O)CC1. The van der Waals surface area contributed by atoms with Gasteiger partial charge in [-0.2, -0.15) is 13.1 Å². The molecule has 1 aliphatic rings. The van der Waals surface area contributed by atoms with Crippen molar-refractivity contribution in [3.63, 3.8) is 0 Å². The summed E-state index contributed by atoms with van der Waals surface area (Å²) in [5.41, 5.74) is 0. The number of carboxylic acids is 1. The molecule has 8 heteroatoms. The summed E-state index contributed by atoms with van der Waals surface area (Å²) in [7, 11) is -1.98. The normalized spacial score (nSPS) is 24.3. The van der Waals surface area contributed by atoms with Crippen LogP contribution < -0.4 is 9.44 Å². The number of ether oxygens (including phenoxy) is 1. The molecule has 0 bridgehead atoms. The van der Waals surface area contributed by atoms with Gasteiger partial charge in [-0.25, -0.2) is 4.72 Å². The van der Waals surface area contributed by atoms with Crippen molar-refractivity contribution in [2.75, 3.05) is 26.8 Å². The second-order valence-corrected chi connectivity index (χ2v) is 6.38. The first kappa shape index (κ1) is 16.4. The number of hydrogen-bond donors (Lipinski definition) is 3. The van der Waals surface area contributed by atoms with Crippen molar-refractivity contribution in [1.82, 2.24) is 9.44 Å². The predicted octanol–water partition coefficient (Wildman–Crippen LogP) is -0.0522. The quantitative estimate of drug-likeness (QED) is 0.544. The number of methoxy groups -OCH3 is 1. The molecule has 0 aromatic heterocycles. The molecule has 112 valence electrons. The summed E-state index contributed by atoms with van der Waals surface area (Å²) >= 11 is 0. The molecular weight excluding hydrogens is 272 g/mol. The van der Waals surface area contributed by atoms with Gasteiger partial charge in [-0.1, -0.05) is 0 Å². The summed E-state index contributed by atoms with van der Waals surface area (Å²) in [5.74, 6) is -0.803. The summed E-state index contributed by atoms with van der Waals surface area (Å²) in [6.07, 6.45) is 2.74. The molecule has 3 N–H and O–H groups in total. The third-order valence-corrected chi connectivity index (χ3v) is 4.49. The van der Waals surface area contributed by atoms with E-state index in [1.165, 1.54) is 7.11 Å². The maximum Gasteiger partial charge on any atom is 0.306 e. The topological polar surface area (TPSA) is 105 Å². The van der Waals surface area contributed by atoms with Gasteiger partial charge in [0.15, 0.2) is 0 Å². The molecule has 0 saturated heterocycles. The van der Waals surface area contributed by atoms with Crippen LogP contribution in [0.4, 0.5) is 0 Å². The third kappa shape index (κ3) is 6.33. The van der Waals surface area contributed by atoms with Crippen LogP contribution >= 0.6 is 0 Å². The molecule has 0 atom stereocenters. The van der Waals surface area contributed by atoms with Crippen LogP contribution in [-0.4, -0.2) is 46.3 Å². The lowest BCUT2D eigenvalue weighted by molar-refractivity contribution is -0.143. The van der Waals surface area contributed by atoms with Crippen LogP contribution in [0, 0.1) is 11.8 Å². The van der Waals surface area contributed by atoms with E-state index in [1.807, 2.05) is 0 Å². The Bertz CT molecular complexity index is 377. The van der Waals surface area contributed by atoms with Crippen LogP contribution in [-0.2, 0) is 19.7 Å². The average Bonchev–Trinajstić information content (AvgIpc) is 2.37. The highest BCUT2D eigenvalue weighted by atomic mass is 32.2. The fourth-order valence-corrected chi connectivity index (χ4v) is 3.08. The molecule has 0 amide bonds. The summed E-state index contributed by atoms with van der Waals surface area (Å²) in [4.78, 5) is 10.8. The van der Waals surface area contributed by atoms with Gasteiger partial charge in [0.2, 0.25) is 0 Å². The van der Waals surface area contributed by atoms with E-state index in [4.69, 9.17) is 9.84 Å². The molecule has 7 nitrogen and oxygen atoms in total. The first-order chi connectivity index (χ1) is 8.94. The van der Waals surface area contributed by atoms with E-state index in [9.17, 15) is 13.2 Å². The Kier molecular flexibility index (Phi) is 6.70. The van der Waals surface area contributed by atoms with E-state index < -0.39 is 16.2 Å². The van der Waals surface area contributed by atoms with E-state index in [0.29, 0.717) is 26.0 Å². The van der Waals surface area contributed by atoms with Gasteiger partial charge in [0, 0.05) is 20.2 Å². The molecule has 1 saturated carbocycles. The van der Waals surface area contributed by atoms with Crippen LogP contribution in [0.25, 0.3) is 0 Å². The number of hydrogen-bond acceptors (Lipinski definition) is 4. The Morgan fingerprint density at radius 3 is 2.42 bits per heavy atom. The zero-order valence-electron chi connectivity index (χ0n) is 11.1. The van der Waals surface area contributed by atoms with Crippen molar-refractivity contribution in [1.29, 1.82) is 0 Å². The fraction of sp³-hybridized carbons (Fsp3) is 0.909. The average molecular weight is 294 g/mol. The second kappa shape index (κ2) is 7.78. The van der Waals surface area contributed by atoms with Gasteiger partial charge in [0.25, 0.3) is 10.2 Å². The molecule has 0 radical (unpaired) electrons. The Morgan fingerprint density at radius 2 is 1.89 bits per heavy atom. The van der Waals surface area contributed by atoms with Crippen LogP contribution in [0.15, 0.2) is 0 Å². The monoisotopic (exact) mass is 294 g/mol. The minimum atomic E-state index is -3.48. The highest BCUT2D eigenvalue weighted by molar-refractivity contribution is 7.87. The molecular formula is C11H22N2O5S. The standard InChI is InChI=1S/C11H22N2O5S/c1-18-7-6-12-19(16,17)13-8-9-2-4-10(5-3-9)11(14)15/h9-10,12-13H,2-8H2,1H3,(H,14,15). The van der Waals surface area contributed by atoms with Gasteiger partial charge < -0.3 is 9.84 Å². The predicted molar refractivity (Wildman–Crippen MR) is 69.9 cm³/mol. The van der Waals surface area contributed by atoms with Crippen molar-refractivity contribution < 1.29 is 23.1 Å². The Hall–Kier alpha value is -0.700. The number of nitrogens with one attached hydrogen (secondary N) is 2. The molecule has 0 unspecified atom stereocenters. The smallest absolute Gasteiger partial charge is 0.306 e. The third-order valence-electron chi connectivity index (χ3n) is 3.36. The maximum atomic E-state index is 11.5. The molecule has 0 aromatic rings. The number of rotatable bonds is 8. The molecule has 1 fully saturated rings. The van der Waals surface area contributed by atoms with Crippen LogP contribution in [0.1, 0.15) is 25.7 Å². The first-order valence-corrected chi connectivity index (χ1v) is 7.89. The van der Waals surface area contributed by atoms with Gasteiger partial charge >= 0.3 is 5.97 Å². The zero-order valence-corrected chi connectivity index (χ0v) is 11.9. The van der Waals surface area contributed by atoms with Gasteiger partial charge in [0.1, 0.15) is 0 Å². The minimum absolute atomic E-state index is 0.217. The molecule has 0 spiro atoms. The maximum absolute atomic E-state index is 11.5. The highest BCUT2D eigenvalue weighted by Gasteiger charge is 2.26. The van der Waals surface area contributed by atoms with E-state index in [1.54, 1.807) is 0 Å². The highest BCUT2D eigenvalue weighted by Crippen LogP contribution is 2.28. The van der Waals surface area contributed by atoms with Crippen molar-refractivity contribution in [3.05, 3.63) is 0 Å². The number of carboxylic acid groups (broad SMARTS) is 1. The van der Waals surface area contributed by atoms with Gasteiger partial charge in [-0.15, -0.1) is 0 Å². The fourth-order valence-electron chi connectivity index (χ4n) is 2.17. The Labute approximate surface area is 113 Å². The molecule has 19 heavy (non-hydrogen) atoms. The van der Waals surface area contributed by atoms with Crippen LogP contribution in [0.5, 0.6) is 0 Å². The summed E-state index contributed by atoms with van der Waals surface area (Å²) in [5, 5.41) is 8.87. The molecule has 0 aliphatic heterocycles. The van der Waals surface area contributed by atoms with Crippen LogP contribution in [0.3, 0.4) is 0 Å². The summed E-state index contributed by atoms with van der Waals surface area (Å²) in [6, 6.07) is 0. The number of aliphatic carboxylic acids is 1. The van der Waals surface area contributed by atoms with Crippen molar-refractivity contribution in [3.8, 4) is 0 Å². The van der Waals surface area contributed by atoms with Gasteiger partial charge in [-0.05, 0) is 31.6 Å². The van der Waals surface area contributed by atoms with Crippen molar-refractivity contribution in [2.45, 2.75) is 25.7 Å². The summed E-state index contributed by atoms with van der Waals surface area (Å²) in [6.45, 7) is 0.914. The summed E-state index contributed by atoms with van der Waals surface area (Å²) < 4.78 is 32.7. The Balaban J connectivity index is 2.24. The molecule has 0 heterocycles. The van der Waals surface area contributed by atoms with E-state index in [2.05, 4.69) is 9.44 Å². The molecule has 0 aromatic carbocycles. The van der Waals surface area contributed by atoms with Gasteiger partial charge in [-0.3, -0.25) is 4.79 Å². The second-order valence-electron chi connectivity index (χ2n) is 4.79. The van der Waals surface area contributed by atoms with Gasteiger partial charge in [0.05, 0.1) is 12.5 Å². The zero-order chi connectivity index (χ0) is 14.3. The van der Waals surface area contributed by atoms with Crippen LogP contribution in [0.2, 0.25) is 0 Å². The van der Waals surface area contributed by atoms with E-state index >= 15 is 0 Å². The van der Waals surface area contributed by atoms with E-state index in [0.717, 1.165) is 12.8 Å². The molecule has 1 aliphatic carbocycles. The first-order valence-electron chi connectivity index (χ1n) is 6.40.